The number of likely N-dealkylation sites (N-methyl/N-ethyl adjacent to an activating group) is 1. The van der Waals surface area contributed by atoms with Gasteiger partial charge in [0, 0.05) is 19.3 Å². The Morgan fingerprint density at radius 2 is 1.00 bits per heavy atom. The van der Waals surface area contributed by atoms with Crippen LogP contribution in [0.25, 0.3) is 0 Å². The van der Waals surface area contributed by atoms with Gasteiger partial charge in [-0.15, -0.1) is 0 Å². The summed E-state index contributed by atoms with van der Waals surface area (Å²) in [7, 11) is 5.39. The normalized spacial score (nSPS) is 13.7. The summed E-state index contributed by atoms with van der Waals surface area (Å²) in [5.41, 5.74) is 0. The molecule has 0 amide bonds. The van der Waals surface area contributed by atoms with E-state index in [2.05, 4.69) is 86.8 Å². The molecule has 8 nitrogen and oxygen atoms in total. The van der Waals surface area contributed by atoms with E-state index in [1.54, 1.807) is 21.1 Å². The average molecular weight is 784 g/mol. The van der Waals surface area contributed by atoms with Crippen molar-refractivity contribution in [1.29, 1.82) is 0 Å². The molecule has 0 aliphatic rings. The standard InChI is InChI=1S/C48H81NO7/c1-6-8-10-12-14-16-17-18-19-20-21-22-23-24-25-26-27-28-29-31-32-34-36-38-46(50)55-43-44(42-54-41-40-45(48(52)53)49(3,4)5)56-47(51)39-37-35-33-30-15-13-11-9-7-2/h8,10,14,16,18-19,21-22,24-25,27-28,44-45H,6-7,9,11-13,15,17,20,23,26,29-43H2,1-5H3/b10-8+,16-14+,19-18+,22-21+,25-24+,28-27+. The zero-order chi connectivity index (χ0) is 41.4. The summed E-state index contributed by atoms with van der Waals surface area (Å²) in [4.78, 5) is 36.7. The van der Waals surface area contributed by atoms with Gasteiger partial charge in [-0.1, -0.05) is 151 Å². The Bertz CT molecular complexity index is 1140. The summed E-state index contributed by atoms with van der Waals surface area (Å²) in [5.74, 6) is -1.78. The zero-order valence-electron chi connectivity index (χ0n) is 36.3. The summed E-state index contributed by atoms with van der Waals surface area (Å²) < 4.78 is 17.1. The second-order valence-corrected chi connectivity index (χ2v) is 15.6. The van der Waals surface area contributed by atoms with E-state index in [1.165, 1.54) is 38.5 Å². The highest BCUT2D eigenvalue weighted by atomic mass is 16.6. The van der Waals surface area contributed by atoms with Gasteiger partial charge in [0.15, 0.2) is 6.10 Å². The van der Waals surface area contributed by atoms with E-state index in [4.69, 9.17) is 14.2 Å². The molecule has 2 unspecified atom stereocenters. The fraction of sp³-hybridized carbons (Fsp3) is 0.688. The minimum atomic E-state index is -1.13. The number of hydrogen-bond donors (Lipinski definition) is 0. The number of esters is 2. The molecule has 0 fully saturated rings. The van der Waals surface area contributed by atoms with E-state index in [0.717, 1.165) is 89.9 Å². The number of aliphatic carboxylic acids is 1. The first-order chi connectivity index (χ1) is 27.1. The molecule has 0 saturated heterocycles. The number of carbonyl (C=O) groups excluding carboxylic acids is 3. The maximum absolute atomic E-state index is 12.6. The van der Waals surface area contributed by atoms with E-state index < -0.39 is 18.1 Å². The summed E-state index contributed by atoms with van der Waals surface area (Å²) >= 11 is 0. The second-order valence-electron chi connectivity index (χ2n) is 15.6. The lowest BCUT2D eigenvalue weighted by Gasteiger charge is -2.34. The number of carboxylic acid groups (broad SMARTS) is 1. The van der Waals surface area contributed by atoms with Gasteiger partial charge in [-0.05, 0) is 64.2 Å². The fourth-order valence-corrected chi connectivity index (χ4v) is 5.95. The molecule has 0 spiro atoms. The summed E-state index contributed by atoms with van der Waals surface area (Å²) in [6.45, 7) is 4.48. The summed E-state index contributed by atoms with van der Waals surface area (Å²) in [5, 5.41) is 11.6. The minimum Gasteiger partial charge on any atom is -0.544 e. The first kappa shape index (κ1) is 52.8. The molecule has 0 rings (SSSR count). The van der Waals surface area contributed by atoms with Crippen LogP contribution in [0.2, 0.25) is 0 Å². The molecule has 0 bridgehead atoms. The van der Waals surface area contributed by atoms with Crippen LogP contribution in [0.5, 0.6) is 0 Å². The van der Waals surface area contributed by atoms with E-state index in [0.29, 0.717) is 12.8 Å². The molecular weight excluding hydrogens is 703 g/mol. The largest absolute Gasteiger partial charge is 0.544 e. The molecule has 0 aromatic carbocycles. The number of quaternary nitrogens is 1. The number of allylic oxidation sites excluding steroid dienone is 12. The van der Waals surface area contributed by atoms with Gasteiger partial charge in [0.25, 0.3) is 0 Å². The lowest BCUT2D eigenvalue weighted by atomic mass is 10.1. The smallest absolute Gasteiger partial charge is 0.306 e. The highest BCUT2D eigenvalue weighted by molar-refractivity contribution is 5.70. The quantitative estimate of drug-likeness (QED) is 0.0266. The molecule has 0 aliphatic heterocycles. The molecule has 56 heavy (non-hydrogen) atoms. The molecule has 0 saturated carbocycles. The topological polar surface area (TPSA) is 102 Å². The van der Waals surface area contributed by atoms with Crippen molar-refractivity contribution in [2.24, 2.45) is 0 Å². The van der Waals surface area contributed by atoms with Gasteiger partial charge in [-0.3, -0.25) is 9.59 Å². The Balaban J connectivity index is 4.30. The first-order valence-corrected chi connectivity index (χ1v) is 22.0. The monoisotopic (exact) mass is 784 g/mol. The van der Waals surface area contributed by atoms with Gasteiger partial charge >= 0.3 is 11.9 Å². The lowest BCUT2D eigenvalue weighted by Crippen LogP contribution is -2.55. The van der Waals surface area contributed by atoms with Gasteiger partial charge in [0.2, 0.25) is 0 Å². The third-order valence-corrected chi connectivity index (χ3v) is 9.36. The van der Waals surface area contributed by atoms with Crippen LogP contribution in [0.4, 0.5) is 0 Å². The van der Waals surface area contributed by atoms with E-state index in [-0.39, 0.29) is 42.7 Å². The predicted octanol–water partition coefficient (Wildman–Crippen LogP) is 10.6. The predicted molar refractivity (Wildman–Crippen MR) is 231 cm³/mol. The highest BCUT2D eigenvalue weighted by Crippen LogP contribution is 2.13. The number of ether oxygens (including phenoxy) is 3. The summed E-state index contributed by atoms with van der Waals surface area (Å²) in [6, 6.07) is -0.730. The van der Waals surface area contributed by atoms with Crippen LogP contribution in [0.15, 0.2) is 72.9 Å². The number of unbranched alkanes of at least 4 members (excludes halogenated alkanes) is 12. The van der Waals surface area contributed by atoms with Crippen LogP contribution in [-0.4, -0.2) is 75.5 Å². The molecule has 0 N–H and O–H groups in total. The van der Waals surface area contributed by atoms with Crippen LogP contribution in [0.1, 0.15) is 162 Å². The highest BCUT2D eigenvalue weighted by Gasteiger charge is 2.25. The SMILES string of the molecule is CC/C=C/C/C=C/C/C=C/C/C=C/C/C=C/C/C=C/CCCCCCC(=O)OCC(COCCC(C(=O)[O-])[N+](C)(C)C)OC(=O)CCCCCCCCCCC. The molecular formula is C48H81NO7. The zero-order valence-corrected chi connectivity index (χ0v) is 36.3. The van der Waals surface area contributed by atoms with Crippen LogP contribution >= 0.6 is 0 Å². The number of hydrogen-bond acceptors (Lipinski definition) is 7. The van der Waals surface area contributed by atoms with Gasteiger partial charge in [-0.25, -0.2) is 0 Å². The van der Waals surface area contributed by atoms with E-state index in [1.807, 2.05) is 0 Å². The van der Waals surface area contributed by atoms with Crippen molar-refractivity contribution in [3.05, 3.63) is 72.9 Å². The molecule has 0 aliphatic carbocycles. The van der Waals surface area contributed by atoms with Crippen molar-refractivity contribution < 1.29 is 38.2 Å². The maximum atomic E-state index is 12.6. The fourth-order valence-electron chi connectivity index (χ4n) is 5.95. The number of rotatable bonds is 38. The Hall–Kier alpha value is -3.23. The van der Waals surface area contributed by atoms with Gasteiger partial charge in [0.05, 0.1) is 40.3 Å². The molecule has 2 atom stereocenters. The first-order valence-electron chi connectivity index (χ1n) is 22.0. The molecule has 320 valence electrons. The Morgan fingerprint density at radius 3 is 1.48 bits per heavy atom. The van der Waals surface area contributed by atoms with Crippen molar-refractivity contribution in [3.63, 3.8) is 0 Å². The van der Waals surface area contributed by atoms with E-state index in [9.17, 15) is 19.5 Å². The molecule has 8 heteroatoms. The van der Waals surface area contributed by atoms with Crippen LogP contribution in [-0.2, 0) is 28.6 Å². The Morgan fingerprint density at radius 1 is 0.554 bits per heavy atom. The third-order valence-electron chi connectivity index (χ3n) is 9.36. The Kier molecular flexibility index (Phi) is 36.4. The average Bonchev–Trinajstić information content (AvgIpc) is 3.15. The molecule has 0 heterocycles. The van der Waals surface area contributed by atoms with Crippen molar-refractivity contribution >= 4 is 17.9 Å². The molecule has 0 radical (unpaired) electrons. The second kappa shape index (κ2) is 38.6. The maximum Gasteiger partial charge on any atom is 0.306 e. The lowest BCUT2D eigenvalue weighted by molar-refractivity contribution is -0.889. The van der Waals surface area contributed by atoms with Crippen molar-refractivity contribution in [2.75, 3.05) is 41.0 Å². The molecule has 0 aromatic rings. The van der Waals surface area contributed by atoms with Gasteiger partial charge in [-0.2, -0.15) is 0 Å². The van der Waals surface area contributed by atoms with E-state index >= 15 is 0 Å². The molecule has 0 aromatic heterocycles. The third kappa shape index (κ3) is 36.4. The van der Waals surface area contributed by atoms with Crippen molar-refractivity contribution in [3.8, 4) is 0 Å². The Labute approximate surface area is 342 Å². The van der Waals surface area contributed by atoms with Crippen molar-refractivity contribution in [1.82, 2.24) is 0 Å². The van der Waals surface area contributed by atoms with Crippen LogP contribution in [0, 0.1) is 0 Å². The van der Waals surface area contributed by atoms with Crippen LogP contribution in [0.3, 0.4) is 0 Å². The van der Waals surface area contributed by atoms with Crippen LogP contribution < -0.4 is 5.11 Å². The van der Waals surface area contributed by atoms with Gasteiger partial charge < -0.3 is 28.6 Å². The number of carbonyl (C=O) groups is 3. The van der Waals surface area contributed by atoms with Gasteiger partial charge in [0.1, 0.15) is 12.6 Å². The number of carboxylic acids is 1. The summed E-state index contributed by atoms with van der Waals surface area (Å²) in [6.07, 6.45) is 47.9. The minimum absolute atomic E-state index is 0.0300. The number of nitrogens with zero attached hydrogens (tertiary/aromatic N) is 1. The van der Waals surface area contributed by atoms with Crippen molar-refractivity contribution in [2.45, 2.75) is 174 Å².